The van der Waals surface area contributed by atoms with E-state index in [0.717, 1.165) is 12.1 Å². The second-order valence-corrected chi connectivity index (χ2v) is 4.64. The first kappa shape index (κ1) is 12.2. The number of hydrogen-bond acceptors (Lipinski definition) is 2. The number of benzene rings is 1. The van der Waals surface area contributed by atoms with Gasteiger partial charge in [0.1, 0.15) is 0 Å². The Labute approximate surface area is 99.0 Å². The normalized spacial score (nSPS) is 9.33. The first-order valence-corrected chi connectivity index (χ1v) is 5.72. The fraction of sp³-hybridized carbons (Fsp3) is 0.167. The van der Waals surface area contributed by atoms with Crippen LogP contribution < -0.4 is 0 Å². The summed E-state index contributed by atoms with van der Waals surface area (Å²) in [5, 5.41) is 7.79. The van der Waals surface area contributed by atoms with Crippen molar-refractivity contribution >= 4 is 22.9 Å². The monoisotopic (exact) mass is 240 g/mol. The average molecular weight is 241 g/mol. The Morgan fingerprint density at radius 1 is 1.00 bits per heavy atom. The second-order valence-electron chi connectivity index (χ2n) is 2.92. The maximum atomic E-state index is 7.00. The first-order chi connectivity index (χ1) is 7.25. The molecule has 0 unspecified atom stereocenters. The summed E-state index contributed by atoms with van der Waals surface area (Å²) in [6.45, 7) is 2.12. The minimum absolute atomic E-state index is 0.789. The quantitative estimate of drug-likeness (QED) is 0.799. The summed E-state index contributed by atoms with van der Waals surface area (Å²) in [7, 11) is 1.00. The summed E-state index contributed by atoms with van der Waals surface area (Å²) in [4.78, 5) is 2.64. The third kappa shape index (κ3) is 3.34. The second kappa shape index (κ2) is 5.91. The highest BCUT2D eigenvalue weighted by atomic mass is 35.5. The zero-order valence-electron chi connectivity index (χ0n) is 8.70. The van der Waals surface area contributed by atoms with Gasteiger partial charge in [-0.3, -0.25) is 0 Å². The number of aryl methyl sites for hydroxylation is 1. The molecule has 0 aliphatic carbocycles. The van der Waals surface area contributed by atoms with Gasteiger partial charge >= 0.3 is 0 Å². The molecule has 2 aromatic rings. The molecule has 15 heavy (non-hydrogen) atoms. The van der Waals surface area contributed by atoms with Gasteiger partial charge in [0.05, 0.1) is 0 Å². The van der Waals surface area contributed by atoms with Crippen LogP contribution in [0.2, 0.25) is 5.02 Å². The molecule has 2 rings (SSSR count). The lowest BCUT2D eigenvalue weighted by atomic mass is 10.2. The van der Waals surface area contributed by atoms with Gasteiger partial charge in [-0.25, -0.2) is 0 Å². The Kier molecular flexibility index (Phi) is 4.82. The van der Waals surface area contributed by atoms with Crippen LogP contribution in [0.1, 0.15) is 4.88 Å². The molecule has 1 heterocycles. The number of halogens is 1. The summed E-state index contributed by atoms with van der Waals surface area (Å²) in [5.41, 5.74) is 1.24. The smallest absolute Gasteiger partial charge is 0.0406 e. The largest absolute Gasteiger partial charge is 0.400 e. The van der Waals surface area contributed by atoms with Crippen LogP contribution in [-0.2, 0) is 0 Å². The highest BCUT2D eigenvalue weighted by Gasteiger charge is 1.99. The van der Waals surface area contributed by atoms with Gasteiger partial charge in [0.2, 0.25) is 0 Å². The highest BCUT2D eigenvalue weighted by Crippen LogP contribution is 2.28. The molecule has 80 valence electrons. The van der Waals surface area contributed by atoms with Gasteiger partial charge in [-0.05, 0) is 36.8 Å². The van der Waals surface area contributed by atoms with Crippen LogP contribution >= 0.6 is 22.9 Å². The van der Waals surface area contributed by atoms with Gasteiger partial charge in [-0.15, -0.1) is 11.3 Å². The molecule has 0 spiro atoms. The lowest BCUT2D eigenvalue weighted by Crippen LogP contribution is -1.69. The maximum Gasteiger partial charge on any atom is 0.0406 e. The molecule has 1 aromatic heterocycles. The Balaban J connectivity index is 0.000000531. The summed E-state index contributed by atoms with van der Waals surface area (Å²) in [5.74, 6) is 0. The van der Waals surface area contributed by atoms with E-state index < -0.39 is 0 Å². The predicted molar refractivity (Wildman–Crippen MR) is 67.6 cm³/mol. The van der Waals surface area contributed by atoms with Crippen LogP contribution in [0.5, 0.6) is 0 Å². The average Bonchev–Trinajstić information content (AvgIpc) is 2.69. The zero-order chi connectivity index (χ0) is 11.3. The molecular weight excluding hydrogens is 228 g/mol. The van der Waals surface area contributed by atoms with Crippen molar-refractivity contribution in [1.29, 1.82) is 0 Å². The highest BCUT2D eigenvalue weighted by molar-refractivity contribution is 7.15. The Morgan fingerprint density at radius 3 is 2.07 bits per heavy atom. The number of hydrogen-bond donors (Lipinski definition) is 1. The van der Waals surface area contributed by atoms with Gasteiger partial charge in [0.15, 0.2) is 0 Å². The number of aliphatic hydroxyl groups excluding tert-OH is 1. The topological polar surface area (TPSA) is 20.2 Å². The molecule has 0 aliphatic rings. The molecular formula is C12H13ClOS. The lowest BCUT2D eigenvalue weighted by molar-refractivity contribution is 0.399. The molecule has 1 aromatic carbocycles. The molecule has 0 atom stereocenters. The standard InChI is InChI=1S/C11H9ClS.CH4O/c1-8-2-7-11(13-8)9-3-5-10(12)6-4-9;1-2/h2-7H,1H3;2H,1H3. The number of thiophene rings is 1. The third-order valence-electron chi connectivity index (χ3n) is 1.87. The van der Waals surface area contributed by atoms with E-state index in [1.807, 2.05) is 24.3 Å². The Hall–Kier alpha value is -0.830. The maximum absolute atomic E-state index is 7.00. The SMILES string of the molecule is CO.Cc1ccc(-c2ccc(Cl)cc2)s1. The van der Waals surface area contributed by atoms with Crippen molar-refractivity contribution in [1.82, 2.24) is 0 Å². The van der Waals surface area contributed by atoms with Crippen molar-refractivity contribution < 1.29 is 5.11 Å². The fourth-order valence-electron chi connectivity index (χ4n) is 1.20. The van der Waals surface area contributed by atoms with Gasteiger partial charge in [-0.2, -0.15) is 0 Å². The van der Waals surface area contributed by atoms with E-state index >= 15 is 0 Å². The summed E-state index contributed by atoms with van der Waals surface area (Å²) in [6.07, 6.45) is 0. The third-order valence-corrected chi connectivity index (χ3v) is 3.17. The van der Waals surface area contributed by atoms with E-state index in [-0.39, 0.29) is 0 Å². The van der Waals surface area contributed by atoms with Crippen molar-refractivity contribution in [2.24, 2.45) is 0 Å². The van der Waals surface area contributed by atoms with Gasteiger partial charge < -0.3 is 5.11 Å². The fourth-order valence-corrected chi connectivity index (χ4v) is 2.20. The molecule has 0 fully saturated rings. The minimum Gasteiger partial charge on any atom is -0.400 e. The molecule has 0 aliphatic heterocycles. The van der Waals surface area contributed by atoms with E-state index in [1.165, 1.54) is 15.3 Å². The van der Waals surface area contributed by atoms with Crippen LogP contribution in [0.3, 0.4) is 0 Å². The zero-order valence-corrected chi connectivity index (χ0v) is 10.3. The number of rotatable bonds is 1. The lowest BCUT2D eigenvalue weighted by Gasteiger charge is -1.96. The molecule has 0 amide bonds. The van der Waals surface area contributed by atoms with Gasteiger partial charge in [0, 0.05) is 21.9 Å². The van der Waals surface area contributed by atoms with Crippen LogP contribution in [0, 0.1) is 6.92 Å². The Bertz CT molecular complexity index is 406. The van der Waals surface area contributed by atoms with Crippen molar-refractivity contribution in [2.45, 2.75) is 6.92 Å². The van der Waals surface area contributed by atoms with E-state index in [0.29, 0.717) is 0 Å². The summed E-state index contributed by atoms with van der Waals surface area (Å²) < 4.78 is 0. The molecule has 0 saturated heterocycles. The van der Waals surface area contributed by atoms with E-state index in [2.05, 4.69) is 19.1 Å². The van der Waals surface area contributed by atoms with Crippen LogP contribution in [0.4, 0.5) is 0 Å². The van der Waals surface area contributed by atoms with Gasteiger partial charge in [0.25, 0.3) is 0 Å². The summed E-state index contributed by atoms with van der Waals surface area (Å²) >= 11 is 7.61. The molecule has 1 N–H and O–H groups in total. The summed E-state index contributed by atoms with van der Waals surface area (Å²) in [6, 6.07) is 12.2. The molecule has 3 heteroatoms. The minimum atomic E-state index is 0.789. The van der Waals surface area contributed by atoms with Crippen LogP contribution in [0.25, 0.3) is 10.4 Å². The van der Waals surface area contributed by atoms with Crippen molar-refractivity contribution in [3.8, 4) is 10.4 Å². The van der Waals surface area contributed by atoms with Crippen LogP contribution in [-0.4, -0.2) is 12.2 Å². The number of aliphatic hydroxyl groups is 1. The first-order valence-electron chi connectivity index (χ1n) is 4.53. The van der Waals surface area contributed by atoms with E-state index in [4.69, 9.17) is 16.7 Å². The Morgan fingerprint density at radius 2 is 1.60 bits per heavy atom. The molecule has 0 radical (unpaired) electrons. The molecule has 0 bridgehead atoms. The van der Waals surface area contributed by atoms with Crippen molar-refractivity contribution in [3.63, 3.8) is 0 Å². The van der Waals surface area contributed by atoms with Gasteiger partial charge in [-0.1, -0.05) is 23.7 Å². The molecule has 0 saturated carbocycles. The molecule has 1 nitrogen and oxygen atoms in total. The van der Waals surface area contributed by atoms with E-state index in [9.17, 15) is 0 Å². The van der Waals surface area contributed by atoms with Crippen molar-refractivity contribution in [2.75, 3.05) is 7.11 Å². The van der Waals surface area contributed by atoms with Crippen molar-refractivity contribution in [3.05, 3.63) is 46.3 Å². The predicted octanol–water partition coefficient (Wildman–Crippen LogP) is 3.99. The van der Waals surface area contributed by atoms with Crippen LogP contribution in [0.15, 0.2) is 36.4 Å². The van der Waals surface area contributed by atoms with E-state index in [1.54, 1.807) is 11.3 Å².